The van der Waals surface area contributed by atoms with Gasteiger partial charge in [0.15, 0.2) is 0 Å². The molecule has 1 amide bonds. The lowest BCUT2D eigenvalue weighted by Crippen LogP contribution is -2.24. The number of aryl methyl sites for hydroxylation is 1. The number of carbonyl (C=O) groups is 1. The number of aromatic nitrogens is 2. The van der Waals surface area contributed by atoms with Gasteiger partial charge in [-0.2, -0.15) is 8.42 Å². The first-order valence-electron chi connectivity index (χ1n) is 8.74. The molecule has 0 fully saturated rings. The van der Waals surface area contributed by atoms with Gasteiger partial charge in [0.05, 0.1) is 17.6 Å². The molecule has 0 spiro atoms. The van der Waals surface area contributed by atoms with Crippen LogP contribution in [0, 0.1) is 6.92 Å². The zero-order valence-electron chi connectivity index (χ0n) is 16.7. The standard InChI is InChI=1S/C18H19N5O5S3/c1-12-7-9-13(10-8-12)16(24)19-17-20-21-18(29-17)31(27,28)22-14-5-4-6-15(11-14)23(2)30(3,25)26/h4-11,22H,1-3H3,(H,19,20,24). The fraction of sp³-hybridized carbons (Fsp3) is 0.167. The lowest BCUT2D eigenvalue weighted by atomic mass is 10.1. The first kappa shape index (κ1) is 22.7. The van der Waals surface area contributed by atoms with E-state index in [0.29, 0.717) is 16.9 Å². The molecule has 0 atom stereocenters. The van der Waals surface area contributed by atoms with Crippen LogP contribution in [0.25, 0.3) is 0 Å². The van der Waals surface area contributed by atoms with E-state index in [9.17, 15) is 21.6 Å². The summed E-state index contributed by atoms with van der Waals surface area (Å²) in [5.41, 5.74) is 1.83. The van der Waals surface area contributed by atoms with Crippen LogP contribution in [0.4, 0.5) is 16.5 Å². The van der Waals surface area contributed by atoms with Crippen molar-refractivity contribution in [3.63, 3.8) is 0 Å². The summed E-state index contributed by atoms with van der Waals surface area (Å²) in [6.45, 7) is 1.89. The summed E-state index contributed by atoms with van der Waals surface area (Å²) < 4.78 is 51.7. The van der Waals surface area contributed by atoms with Crippen LogP contribution in [0.3, 0.4) is 0 Å². The Morgan fingerprint density at radius 2 is 1.71 bits per heavy atom. The molecule has 0 radical (unpaired) electrons. The molecule has 0 bridgehead atoms. The zero-order chi connectivity index (χ0) is 22.8. The Morgan fingerprint density at radius 3 is 2.35 bits per heavy atom. The molecule has 0 saturated heterocycles. The molecule has 0 saturated carbocycles. The number of hydrogen-bond donors (Lipinski definition) is 2. The van der Waals surface area contributed by atoms with Crippen molar-refractivity contribution in [2.45, 2.75) is 11.3 Å². The summed E-state index contributed by atoms with van der Waals surface area (Å²) >= 11 is 0.689. The number of sulfonamides is 2. The van der Waals surface area contributed by atoms with Gasteiger partial charge in [-0.25, -0.2) is 8.42 Å². The highest BCUT2D eigenvalue weighted by molar-refractivity contribution is 7.94. The monoisotopic (exact) mass is 481 g/mol. The highest BCUT2D eigenvalue weighted by Gasteiger charge is 2.22. The third-order valence-corrected chi connectivity index (χ3v) is 7.92. The number of carbonyl (C=O) groups excluding carboxylic acids is 1. The highest BCUT2D eigenvalue weighted by atomic mass is 32.2. The number of nitrogens with one attached hydrogen (secondary N) is 2. The van der Waals surface area contributed by atoms with Gasteiger partial charge in [0, 0.05) is 12.6 Å². The Labute approximate surface area is 184 Å². The van der Waals surface area contributed by atoms with Crippen LogP contribution >= 0.6 is 11.3 Å². The second-order valence-corrected chi connectivity index (χ2v) is 11.4. The Hall–Kier alpha value is -3.03. The SMILES string of the molecule is Cc1ccc(C(=O)Nc2nnc(S(=O)(=O)Nc3cccc(N(C)S(C)(=O)=O)c3)s2)cc1. The van der Waals surface area contributed by atoms with Crippen LogP contribution in [0.1, 0.15) is 15.9 Å². The highest BCUT2D eigenvalue weighted by Crippen LogP contribution is 2.25. The van der Waals surface area contributed by atoms with Gasteiger partial charge in [-0.1, -0.05) is 35.1 Å². The molecule has 10 nitrogen and oxygen atoms in total. The molecule has 2 aromatic carbocycles. The van der Waals surface area contributed by atoms with Gasteiger partial charge in [-0.15, -0.1) is 10.2 Å². The van der Waals surface area contributed by atoms with E-state index >= 15 is 0 Å². The third-order valence-electron chi connectivity index (χ3n) is 4.13. The average molecular weight is 482 g/mol. The lowest BCUT2D eigenvalue weighted by molar-refractivity contribution is 0.102. The Morgan fingerprint density at radius 1 is 1.03 bits per heavy atom. The third kappa shape index (κ3) is 5.57. The minimum absolute atomic E-state index is 0.0245. The summed E-state index contributed by atoms with van der Waals surface area (Å²) in [5, 5.41) is 9.89. The van der Waals surface area contributed by atoms with Crippen LogP contribution in [0.5, 0.6) is 0 Å². The Bertz CT molecular complexity index is 1320. The molecule has 1 aromatic heterocycles. The average Bonchev–Trinajstić information content (AvgIpc) is 3.16. The second kappa shape index (κ2) is 8.61. The van der Waals surface area contributed by atoms with Crippen LogP contribution in [-0.2, 0) is 20.0 Å². The van der Waals surface area contributed by atoms with Crippen LogP contribution < -0.4 is 14.3 Å². The Kier molecular flexibility index (Phi) is 6.29. The fourth-order valence-corrected chi connectivity index (χ4v) is 4.84. The van der Waals surface area contributed by atoms with Crippen molar-refractivity contribution >= 4 is 53.8 Å². The molecule has 2 N–H and O–H groups in total. The molecule has 0 aliphatic rings. The summed E-state index contributed by atoms with van der Waals surface area (Å²) in [4.78, 5) is 12.3. The zero-order valence-corrected chi connectivity index (χ0v) is 19.2. The van der Waals surface area contributed by atoms with Crippen molar-refractivity contribution in [2.75, 3.05) is 27.6 Å². The van der Waals surface area contributed by atoms with Crippen molar-refractivity contribution < 1.29 is 21.6 Å². The Balaban J connectivity index is 1.76. The van der Waals surface area contributed by atoms with Gasteiger partial charge < -0.3 is 0 Å². The number of nitrogens with zero attached hydrogens (tertiary/aromatic N) is 3. The van der Waals surface area contributed by atoms with Crippen molar-refractivity contribution in [1.82, 2.24) is 10.2 Å². The van der Waals surface area contributed by atoms with Crippen molar-refractivity contribution in [3.05, 3.63) is 59.7 Å². The first-order chi connectivity index (χ1) is 14.5. The van der Waals surface area contributed by atoms with E-state index < -0.39 is 26.0 Å². The molecule has 13 heteroatoms. The molecule has 1 heterocycles. The molecular formula is C18H19N5O5S3. The maximum atomic E-state index is 12.6. The molecule has 164 valence electrons. The number of benzene rings is 2. The predicted octanol–water partition coefficient (Wildman–Crippen LogP) is 2.30. The molecular weight excluding hydrogens is 462 g/mol. The van der Waals surface area contributed by atoms with Gasteiger partial charge in [-0.3, -0.25) is 19.1 Å². The maximum absolute atomic E-state index is 12.6. The van der Waals surface area contributed by atoms with Crippen LogP contribution in [-0.4, -0.2) is 46.2 Å². The topological polar surface area (TPSA) is 138 Å². The van der Waals surface area contributed by atoms with Gasteiger partial charge in [0.1, 0.15) is 0 Å². The van der Waals surface area contributed by atoms with E-state index in [1.165, 1.54) is 31.3 Å². The van der Waals surface area contributed by atoms with Gasteiger partial charge in [0.25, 0.3) is 20.3 Å². The maximum Gasteiger partial charge on any atom is 0.291 e. The van der Waals surface area contributed by atoms with Crippen molar-refractivity contribution in [2.24, 2.45) is 0 Å². The number of amides is 1. The quantitative estimate of drug-likeness (QED) is 0.494. The van der Waals surface area contributed by atoms with Gasteiger partial charge >= 0.3 is 0 Å². The first-order valence-corrected chi connectivity index (χ1v) is 12.9. The normalized spacial score (nSPS) is 11.7. The largest absolute Gasteiger partial charge is 0.296 e. The molecule has 0 aliphatic carbocycles. The van der Waals surface area contributed by atoms with E-state index in [-0.39, 0.29) is 20.8 Å². The summed E-state index contributed by atoms with van der Waals surface area (Å²) in [6.07, 6.45) is 1.04. The van der Waals surface area contributed by atoms with Gasteiger partial charge in [-0.05, 0) is 37.3 Å². The summed E-state index contributed by atoms with van der Waals surface area (Å²) in [6, 6.07) is 12.7. The van der Waals surface area contributed by atoms with Crippen LogP contribution in [0.2, 0.25) is 0 Å². The van der Waals surface area contributed by atoms with E-state index in [1.54, 1.807) is 24.3 Å². The van der Waals surface area contributed by atoms with Crippen molar-refractivity contribution in [3.8, 4) is 0 Å². The predicted molar refractivity (Wildman–Crippen MR) is 120 cm³/mol. The summed E-state index contributed by atoms with van der Waals surface area (Å²) in [7, 11) is -6.25. The van der Waals surface area contributed by atoms with E-state index in [4.69, 9.17) is 0 Å². The minimum Gasteiger partial charge on any atom is -0.296 e. The van der Waals surface area contributed by atoms with E-state index in [1.807, 2.05) is 6.92 Å². The smallest absolute Gasteiger partial charge is 0.291 e. The molecule has 3 rings (SSSR count). The van der Waals surface area contributed by atoms with E-state index in [2.05, 4.69) is 20.2 Å². The van der Waals surface area contributed by atoms with E-state index in [0.717, 1.165) is 16.1 Å². The molecule has 0 aliphatic heterocycles. The molecule has 3 aromatic rings. The number of hydrogen-bond acceptors (Lipinski definition) is 8. The number of anilines is 3. The van der Waals surface area contributed by atoms with Crippen LogP contribution in [0.15, 0.2) is 52.9 Å². The molecule has 31 heavy (non-hydrogen) atoms. The van der Waals surface area contributed by atoms with Crippen molar-refractivity contribution in [1.29, 1.82) is 0 Å². The lowest BCUT2D eigenvalue weighted by Gasteiger charge is -2.17. The van der Waals surface area contributed by atoms with Gasteiger partial charge in [0.2, 0.25) is 15.2 Å². The minimum atomic E-state index is -4.10. The number of rotatable bonds is 7. The summed E-state index contributed by atoms with van der Waals surface area (Å²) in [5.74, 6) is -0.440. The second-order valence-electron chi connectivity index (χ2n) is 6.58. The fourth-order valence-electron chi connectivity index (χ4n) is 2.40. The molecule has 0 unspecified atom stereocenters.